The quantitative estimate of drug-likeness (QED) is 0.710. The molecule has 1 aliphatic heterocycles. The van der Waals surface area contributed by atoms with Gasteiger partial charge in [0.05, 0.1) is 5.69 Å². The van der Waals surface area contributed by atoms with Crippen LogP contribution in [0.1, 0.15) is 30.9 Å². The summed E-state index contributed by atoms with van der Waals surface area (Å²) in [7, 11) is 0. The summed E-state index contributed by atoms with van der Waals surface area (Å²) < 4.78 is 0. The fraction of sp³-hybridized carbons (Fsp3) is 0.385. The van der Waals surface area contributed by atoms with Crippen LogP contribution in [0, 0.1) is 13.8 Å². The molecule has 0 bridgehead atoms. The van der Waals surface area contributed by atoms with Crippen LogP contribution in [-0.4, -0.2) is 11.6 Å². The lowest BCUT2D eigenvalue weighted by molar-refractivity contribution is -0.118. The smallest absolute Gasteiger partial charge is 0.247 e. The number of hydrazone groups is 1. The highest BCUT2D eigenvalue weighted by atomic mass is 16.2. The van der Waals surface area contributed by atoms with Crippen molar-refractivity contribution >= 4 is 17.3 Å². The van der Waals surface area contributed by atoms with E-state index in [1.807, 2.05) is 32.9 Å². The Labute approximate surface area is 95.8 Å². The molecule has 0 radical (unpaired) electrons. The lowest BCUT2D eigenvalue weighted by Crippen LogP contribution is -2.31. The molecule has 0 saturated carbocycles. The van der Waals surface area contributed by atoms with Gasteiger partial charge >= 0.3 is 0 Å². The first kappa shape index (κ1) is 10.9. The molecular weight excluding hydrogens is 200 g/mol. The summed E-state index contributed by atoms with van der Waals surface area (Å²) >= 11 is 0. The zero-order valence-corrected chi connectivity index (χ0v) is 9.95. The Morgan fingerprint density at radius 2 is 1.94 bits per heavy atom. The van der Waals surface area contributed by atoms with Crippen LogP contribution in [0.15, 0.2) is 23.3 Å². The highest BCUT2D eigenvalue weighted by Gasteiger charge is 2.21. The van der Waals surface area contributed by atoms with E-state index in [0.717, 1.165) is 23.4 Å². The maximum absolute atomic E-state index is 11.8. The van der Waals surface area contributed by atoms with Crippen molar-refractivity contribution in [2.24, 2.45) is 5.10 Å². The van der Waals surface area contributed by atoms with E-state index in [1.165, 1.54) is 10.6 Å². The lowest BCUT2D eigenvalue weighted by atomic mass is 10.1. The molecule has 2 rings (SSSR count). The molecule has 3 nitrogen and oxygen atoms in total. The van der Waals surface area contributed by atoms with Gasteiger partial charge < -0.3 is 0 Å². The second-order valence-corrected chi connectivity index (χ2v) is 4.33. The maximum atomic E-state index is 11.8. The fourth-order valence-electron chi connectivity index (χ4n) is 1.90. The first-order valence-corrected chi connectivity index (χ1v) is 5.52. The first-order chi connectivity index (χ1) is 7.58. The van der Waals surface area contributed by atoms with Gasteiger partial charge in [0, 0.05) is 12.1 Å². The number of anilines is 1. The van der Waals surface area contributed by atoms with Crippen molar-refractivity contribution in [1.82, 2.24) is 0 Å². The molecule has 16 heavy (non-hydrogen) atoms. The largest absolute Gasteiger partial charge is 0.273 e. The molecule has 0 spiro atoms. The van der Waals surface area contributed by atoms with Gasteiger partial charge in [-0.25, -0.2) is 5.01 Å². The van der Waals surface area contributed by atoms with Crippen molar-refractivity contribution in [3.8, 4) is 0 Å². The molecule has 3 heteroatoms. The van der Waals surface area contributed by atoms with Gasteiger partial charge in [-0.3, -0.25) is 4.79 Å². The molecule has 0 fully saturated rings. The summed E-state index contributed by atoms with van der Waals surface area (Å²) in [6, 6.07) is 6.04. The van der Waals surface area contributed by atoms with Crippen LogP contribution in [0.5, 0.6) is 0 Å². The van der Waals surface area contributed by atoms with Crippen LogP contribution < -0.4 is 5.01 Å². The number of nitrogens with zero attached hydrogens (tertiary/aromatic N) is 2. The summed E-state index contributed by atoms with van der Waals surface area (Å²) in [6.07, 6.45) is 1.34. The third-order valence-corrected chi connectivity index (χ3v) is 2.79. The van der Waals surface area contributed by atoms with E-state index in [2.05, 4.69) is 11.2 Å². The van der Waals surface area contributed by atoms with Crippen LogP contribution in [0.25, 0.3) is 0 Å². The molecule has 0 aliphatic carbocycles. The number of amides is 1. The standard InChI is InChI=1S/C13H16N2O/c1-9-4-6-12(10(2)8-9)15-13(16)7-5-11(3)14-15/h4,6,8H,5,7H2,1-3H3. The number of carbonyl (C=O) groups excluding carboxylic acids is 1. The minimum Gasteiger partial charge on any atom is -0.273 e. The fourth-order valence-corrected chi connectivity index (χ4v) is 1.90. The van der Waals surface area contributed by atoms with E-state index in [9.17, 15) is 4.79 Å². The summed E-state index contributed by atoms with van der Waals surface area (Å²) in [5.41, 5.74) is 4.20. The number of carbonyl (C=O) groups is 1. The van der Waals surface area contributed by atoms with E-state index in [1.54, 1.807) is 0 Å². The highest BCUT2D eigenvalue weighted by molar-refractivity contribution is 6.01. The van der Waals surface area contributed by atoms with Crippen molar-refractivity contribution < 1.29 is 4.79 Å². The van der Waals surface area contributed by atoms with Crippen molar-refractivity contribution in [3.63, 3.8) is 0 Å². The molecule has 0 aromatic heterocycles. The number of hydrogen-bond donors (Lipinski definition) is 0. The predicted molar refractivity (Wildman–Crippen MR) is 65.7 cm³/mol. The zero-order chi connectivity index (χ0) is 11.7. The molecule has 1 heterocycles. The summed E-state index contributed by atoms with van der Waals surface area (Å²) in [5.74, 6) is 0.0811. The molecule has 1 aromatic carbocycles. The number of rotatable bonds is 1. The van der Waals surface area contributed by atoms with E-state index in [-0.39, 0.29) is 5.91 Å². The minimum absolute atomic E-state index is 0.0811. The molecule has 0 saturated heterocycles. The van der Waals surface area contributed by atoms with Gasteiger partial charge in [0.2, 0.25) is 5.91 Å². The average Bonchev–Trinajstić information content (AvgIpc) is 2.22. The molecule has 84 valence electrons. The highest BCUT2D eigenvalue weighted by Crippen LogP contribution is 2.24. The Hall–Kier alpha value is -1.64. The molecule has 0 unspecified atom stereocenters. The first-order valence-electron chi connectivity index (χ1n) is 5.52. The van der Waals surface area contributed by atoms with E-state index in [0.29, 0.717) is 6.42 Å². The molecule has 0 atom stereocenters. The molecule has 0 N–H and O–H groups in total. The number of benzene rings is 1. The second-order valence-electron chi connectivity index (χ2n) is 4.33. The SMILES string of the molecule is CC1=NN(c2ccc(C)cc2C)C(=O)CC1. The van der Waals surface area contributed by atoms with Crippen molar-refractivity contribution in [3.05, 3.63) is 29.3 Å². The van der Waals surface area contributed by atoms with Crippen molar-refractivity contribution in [2.75, 3.05) is 5.01 Å². The second kappa shape index (κ2) is 4.08. The third-order valence-electron chi connectivity index (χ3n) is 2.79. The Kier molecular flexibility index (Phi) is 2.77. The Balaban J connectivity index is 2.43. The maximum Gasteiger partial charge on any atom is 0.247 e. The third kappa shape index (κ3) is 1.98. The van der Waals surface area contributed by atoms with Crippen LogP contribution in [0.2, 0.25) is 0 Å². The number of aryl methyl sites for hydroxylation is 2. The number of hydrogen-bond acceptors (Lipinski definition) is 2. The van der Waals surface area contributed by atoms with Crippen molar-refractivity contribution in [2.45, 2.75) is 33.6 Å². The van der Waals surface area contributed by atoms with Gasteiger partial charge in [0.1, 0.15) is 0 Å². The Morgan fingerprint density at radius 3 is 2.62 bits per heavy atom. The van der Waals surface area contributed by atoms with E-state index in [4.69, 9.17) is 0 Å². The van der Waals surface area contributed by atoms with Crippen LogP contribution >= 0.6 is 0 Å². The minimum atomic E-state index is 0.0811. The summed E-state index contributed by atoms with van der Waals surface area (Å²) in [6.45, 7) is 6.02. The van der Waals surface area contributed by atoms with Crippen LogP contribution in [-0.2, 0) is 4.79 Å². The monoisotopic (exact) mass is 216 g/mol. The normalized spacial score (nSPS) is 16.3. The van der Waals surface area contributed by atoms with E-state index >= 15 is 0 Å². The topological polar surface area (TPSA) is 32.7 Å². The summed E-state index contributed by atoms with van der Waals surface area (Å²) in [4.78, 5) is 11.8. The molecule has 1 aliphatic rings. The molecule has 1 amide bonds. The van der Waals surface area contributed by atoms with Gasteiger partial charge in [-0.2, -0.15) is 5.10 Å². The van der Waals surface area contributed by atoms with Gasteiger partial charge in [-0.15, -0.1) is 0 Å². The van der Waals surface area contributed by atoms with Gasteiger partial charge in [-0.1, -0.05) is 17.7 Å². The Morgan fingerprint density at radius 1 is 1.19 bits per heavy atom. The van der Waals surface area contributed by atoms with Gasteiger partial charge in [-0.05, 0) is 38.8 Å². The molecular formula is C13H16N2O. The van der Waals surface area contributed by atoms with Gasteiger partial charge in [0.15, 0.2) is 0 Å². The van der Waals surface area contributed by atoms with Crippen LogP contribution in [0.3, 0.4) is 0 Å². The average molecular weight is 216 g/mol. The van der Waals surface area contributed by atoms with Crippen LogP contribution in [0.4, 0.5) is 5.69 Å². The Bertz CT molecular complexity index is 463. The summed E-state index contributed by atoms with van der Waals surface area (Å²) in [5, 5.41) is 5.86. The molecule has 1 aromatic rings. The lowest BCUT2D eigenvalue weighted by Gasteiger charge is -2.23. The van der Waals surface area contributed by atoms with Gasteiger partial charge in [0.25, 0.3) is 0 Å². The van der Waals surface area contributed by atoms with Crippen molar-refractivity contribution in [1.29, 1.82) is 0 Å². The van der Waals surface area contributed by atoms with E-state index < -0.39 is 0 Å². The zero-order valence-electron chi connectivity index (χ0n) is 9.95. The predicted octanol–water partition coefficient (Wildman–Crippen LogP) is 2.81.